The summed E-state index contributed by atoms with van der Waals surface area (Å²) < 4.78 is 5.66. The summed E-state index contributed by atoms with van der Waals surface area (Å²) in [5.41, 5.74) is 2.86. The van der Waals surface area contributed by atoms with Crippen LogP contribution in [0.15, 0.2) is 48.5 Å². The van der Waals surface area contributed by atoms with Crippen LogP contribution in [0, 0.1) is 6.92 Å². The van der Waals surface area contributed by atoms with Crippen molar-refractivity contribution in [3.05, 3.63) is 64.7 Å². The van der Waals surface area contributed by atoms with Gasteiger partial charge >= 0.3 is 12.0 Å². The number of pyridine rings is 1. The Labute approximate surface area is 164 Å². The molecule has 140 valence electrons. The molecule has 4 aromatic rings. The van der Waals surface area contributed by atoms with Gasteiger partial charge in [0.05, 0.1) is 21.8 Å². The number of carbonyl (C=O) groups is 1. The van der Waals surface area contributed by atoms with E-state index in [9.17, 15) is 15.0 Å². The summed E-state index contributed by atoms with van der Waals surface area (Å²) in [6.45, 7) is 1.71. The van der Waals surface area contributed by atoms with Gasteiger partial charge in [-0.2, -0.15) is 4.98 Å². The maximum Gasteiger partial charge on any atom is 0.336 e. The average molecular weight is 396 g/mol. The zero-order valence-corrected chi connectivity index (χ0v) is 15.4. The highest BCUT2D eigenvalue weighted by Gasteiger charge is 2.14. The second-order valence-corrected chi connectivity index (χ2v) is 6.57. The second kappa shape index (κ2) is 6.86. The number of nitrogens with one attached hydrogen (secondary N) is 1. The number of hydrogen-bond acceptors (Lipinski definition) is 5. The van der Waals surface area contributed by atoms with Gasteiger partial charge in [-0.15, -0.1) is 0 Å². The highest BCUT2D eigenvalue weighted by Crippen LogP contribution is 2.31. The van der Waals surface area contributed by atoms with Gasteiger partial charge in [0, 0.05) is 5.56 Å². The molecular formula is C20H14ClN3O4. The molecular weight excluding hydrogens is 382 g/mol. The first-order valence-electron chi connectivity index (χ1n) is 8.28. The molecule has 2 heterocycles. The van der Waals surface area contributed by atoms with Gasteiger partial charge in [-0.05, 0) is 42.8 Å². The SMILES string of the molecule is Cc1ccc(Oc2nc3nc(-c4cccc(O)c4)c(Cl)cc3[nH]2)cc1C(=O)O. The minimum Gasteiger partial charge on any atom is -0.508 e. The summed E-state index contributed by atoms with van der Waals surface area (Å²) in [5, 5.41) is 19.3. The summed E-state index contributed by atoms with van der Waals surface area (Å²) in [5.74, 6) is -0.590. The molecule has 0 unspecified atom stereocenters. The van der Waals surface area contributed by atoms with Crippen molar-refractivity contribution in [2.75, 3.05) is 0 Å². The Morgan fingerprint density at radius 2 is 1.96 bits per heavy atom. The second-order valence-electron chi connectivity index (χ2n) is 6.17. The number of phenols is 1. The molecule has 2 aromatic carbocycles. The number of aromatic amines is 1. The lowest BCUT2D eigenvalue weighted by molar-refractivity contribution is 0.0695. The summed E-state index contributed by atoms with van der Waals surface area (Å²) in [6, 6.07) is 13.2. The van der Waals surface area contributed by atoms with E-state index < -0.39 is 5.97 Å². The number of fused-ring (bicyclic) bond motifs is 1. The minimum absolute atomic E-state index is 0.107. The van der Waals surface area contributed by atoms with Gasteiger partial charge in [0.2, 0.25) is 0 Å². The van der Waals surface area contributed by atoms with Crippen LogP contribution in [0.3, 0.4) is 0 Å². The molecule has 4 rings (SSSR count). The van der Waals surface area contributed by atoms with E-state index in [1.54, 1.807) is 49.4 Å². The first-order chi connectivity index (χ1) is 13.4. The van der Waals surface area contributed by atoms with Crippen LogP contribution < -0.4 is 4.74 Å². The van der Waals surface area contributed by atoms with Gasteiger partial charge in [-0.1, -0.05) is 29.8 Å². The molecule has 0 saturated heterocycles. The van der Waals surface area contributed by atoms with E-state index in [0.717, 1.165) is 0 Å². The van der Waals surface area contributed by atoms with Crippen molar-refractivity contribution in [2.45, 2.75) is 6.92 Å². The number of phenolic OH excluding ortho intramolecular Hbond substituents is 1. The molecule has 28 heavy (non-hydrogen) atoms. The van der Waals surface area contributed by atoms with Crippen LogP contribution in [0.4, 0.5) is 0 Å². The molecule has 0 atom stereocenters. The maximum absolute atomic E-state index is 11.3. The fraction of sp³-hybridized carbons (Fsp3) is 0.0500. The molecule has 0 bridgehead atoms. The first-order valence-corrected chi connectivity index (χ1v) is 8.66. The summed E-state index contributed by atoms with van der Waals surface area (Å²) >= 11 is 6.33. The van der Waals surface area contributed by atoms with Crippen molar-refractivity contribution in [3.8, 4) is 28.8 Å². The summed E-state index contributed by atoms with van der Waals surface area (Å²) in [7, 11) is 0. The van der Waals surface area contributed by atoms with Crippen LogP contribution in [0.25, 0.3) is 22.4 Å². The van der Waals surface area contributed by atoms with E-state index >= 15 is 0 Å². The standard InChI is InChI=1S/C20H14ClN3O4/c1-10-5-6-13(8-14(10)19(26)27)28-20-22-16-9-15(21)17(23-18(16)24-20)11-3-2-4-12(25)7-11/h2-9,25H,1H3,(H,26,27)(H,22,23,24). The van der Waals surface area contributed by atoms with Crippen molar-refractivity contribution in [1.82, 2.24) is 15.0 Å². The van der Waals surface area contributed by atoms with Crippen molar-refractivity contribution in [1.29, 1.82) is 0 Å². The lowest BCUT2D eigenvalue weighted by atomic mass is 10.1. The van der Waals surface area contributed by atoms with E-state index in [2.05, 4.69) is 15.0 Å². The number of carboxylic acid groups (broad SMARTS) is 1. The Bertz CT molecular complexity index is 1220. The number of hydrogen-bond donors (Lipinski definition) is 3. The van der Waals surface area contributed by atoms with Crippen molar-refractivity contribution < 1.29 is 19.7 Å². The Balaban J connectivity index is 1.71. The van der Waals surface area contributed by atoms with Crippen LogP contribution in [0.5, 0.6) is 17.5 Å². The van der Waals surface area contributed by atoms with Crippen LogP contribution >= 0.6 is 11.6 Å². The van der Waals surface area contributed by atoms with Crippen LogP contribution in [-0.4, -0.2) is 31.1 Å². The Morgan fingerprint density at radius 3 is 2.71 bits per heavy atom. The number of imidazole rings is 1. The fourth-order valence-electron chi connectivity index (χ4n) is 2.81. The molecule has 2 aromatic heterocycles. The highest BCUT2D eigenvalue weighted by atomic mass is 35.5. The van der Waals surface area contributed by atoms with Gasteiger partial charge < -0.3 is 19.9 Å². The molecule has 0 aliphatic carbocycles. The number of aromatic nitrogens is 3. The lowest BCUT2D eigenvalue weighted by Gasteiger charge is -2.05. The number of carboxylic acids is 1. The first kappa shape index (κ1) is 17.8. The molecule has 7 nitrogen and oxygen atoms in total. The van der Waals surface area contributed by atoms with Gasteiger partial charge in [-0.25, -0.2) is 9.78 Å². The number of ether oxygens (including phenoxy) is 1. The average Bonchev–Trinajstić information content (AvgIpc) is 3.03. The molecule has 0 aliphatic heterocycles. The molecule has 0 saturated carbocycles. The van der Waals surface area contributed by atoms with Crippen molar-refractivity contribution >= 4 is 28.7 Å². The molecule has 8 heteroatoms. The van der Waals surface area contributed by atoms with E-state index in [1.807, 2.05) is 0 Å². The Hall–Kier alpha value is -3.58. The lowest BCUT2D eigenvalue weighted by Crippen LogP contribution is -2.00. The summed E-state index contributed by atoms with van der Waals surface area (Å²) in [6.07, 6.45) is 0. The van der Waals surface area contributed by atoms with Gasteiger partial charge in [0.25, 0.3) is 0 Å². The number of nitrogens with zero attached hydrogens (tertiary/aromatic N) is 2. The van der Waals surface area contributed by atoms with Gasteiger partial charge in [-0.3, -0.25) is 0 Å². The number of benzene rings is 2. The quantitative estimate of drug-likeness (QED) is 0.458. The maximum atomic E-state index is 11.3. The third-order valence-electron chi connectivity index (χ3n) is 4.18. The van der Waals surface area contributed by atoms with Crippen molar-refractivity contribution in [2.24, 2.45) is 0 Å². The van der Waals surface area contributed by atoms with E-state index in [-0.39, 0.29) is 17.3 Å². The minimum atomic E-state index is -1.03. The summed E-state index contributed by atoms with van der Waals surface area (Å²) in [4.78, 5) is 23.0. The monoisotopic (exact) mass is 395 g/mol. The molecule has 0 radical (unpaired) electrons. The Morgan fingerprint density at radius 1 is 1.14 bits per heavy atom. The predicted octanol–water partition coefficient (Wildman–Crippen LogP) is 4.78. The number of aromatic hydroxyl groups is 1. The number of rotatable bonds is 4. The Kier molecular flexibility index (Phi) is 4.37. The van der Waals surface area contributed by atoms with Crippen molar-refractivity contribution in [3.63, 3.8) is 0 Å². The van der Waals surface area contributed by atoms with Gasteiger partial charge in [0.15, 0.2) is 5.65 Å². The third-order valence-corrected chi connectivity index (χ3v) is 4.47. The number of aromatic carboxylic acids is 1. The van der Waals surface area contributed by atoms with E-state index in [4.69, 9.17) is 16.3 Å². The number of aryl methyl sites for hydroxylation is 1. The number of halogens is 1. The van der Waals surface area contributed by atoms with E-state index in [1.165, 1.54) is 6.07 Å². The molecule has 0 aliphatic rings. The molecule has 0 amide bonds. The molecule has 3 N–H and O–H groups in total. The zero-order valence-electron chi connectivity index (χ0n) is 14.6. The molecule has 0 spiro atoms. The van der Waals surface area contributed by atoms with Gasteiger partial charge in [0.1, 0.15) is 11.5 Å². The predicted molar refractivity (Wildman–Crippen MR) is 104 cm³/mol. The zero-order chi connectivity index (χ0) is 19.8. The van der Waals surface area contributed by atoms with Crippen LogP contribution in [-0.2, 0) is 0 Å². The van der Waals surface area contributed by atoms with Crippen LogP contribution in [0.2, 0.25) is 5.02 Å². The normalized spacial score (nSPS) is 10.9. The third kappa shape index (κ3) is 3.35. The largest absolute Gasteiger partial charge is 0.508 e. The topological polar surface area (TPSA) is 108 Å². The molecule has 0 fully saturated rings. The highest BCUT2D eigenvalue weighted by molar-refractivity contribution is 6.33. The fourth-order valence-corrected chi connectivity index (χ4v) is 3.07. The number of H-pyrrole nitrogens is 1. The smallest absolute Gasteiger partial charge is 0.336 e. The van der Waals surface area contributed by atoms with E-state index in [0.29, 0.717) is 38.8 Å². The van der Waals surface area contributed by atoms with Crippen LogP contribution in [0.1, 0.15) is 15.9 Å².